The molecule has 3 rings (SSSR count). The van der Waals surface area contributed by atoms with Gasteiger partial charge in [0, 0.05) is 47.7 Å². The molecule has 0 heterocycles. The molecule has 3 aliphatic carbocycles. The maximum atomic E-state index is 13.4. The Kier molecular flexibility index (Phi) is 29.4. The summed E-state index contributed by atoms with van der Waals surface area (Å²) in [7, 11) is 0. The Morgan fingerprint density at radius 2 is 0.742 bits per heavy atom. The predicted molar refractivity (Wildman–Crippen MR) is 275 cm³/mol. The van der Waals surface area contributed by atoms with E-state index in [-0.39, 0.29) is 57.8 Å². The second kappa shape index (κ2) is 32.3. The molecule has 0 radical (unpaired) electrons. The summed E-state index contributed by atoms with van der Waals surface area (Å²) >= 11 is 0. The van der Waals surface area contributed by atoms with Crippen molar-refractivity contribution in [3.63, 3.8) is 0 Å². The largest absolute Gasteiger partial charge is 0.461 e. The Hall–Kier alpha value is -5.98. The molecule has 0 saturated heterocycles. The van der Waals surface area contributed by atoms with E-state index in [1.54, 1.807) is 0 Å². The van der Waals surface area contributed by atoms with Crippen molar-refractivity contribution >= 4 is 36.0 Å². The second-order valence-electron chi connectivity index (χ2n) is 22.1. The first kappa shape index (κ1) is 81.0. The Morgan fingerprint density at radius 3 is 1.00 bits per heavy atom. The van der Waals surface area contributed by atoms with Crippen LogP contribution in [0.1, 0.15) is 98.8 Å². The summed E-state index contributed by atoms with van der Waals surface area (Å²) < 4.78 is 254. The summed E-state index contributed by atoms with van der Waals surface area (Å²) in [6.45, 7) is 14.9. The number of nitrogens with one attached hydrogen (secondary N) is 6. The number of urea groups is 3. The van der Waals surface area contributed by atoms with Gasteiger partial charge >= 0.3 is 73.1 Å². The zero-order chi connectivity index (χ0) is 69.3. The van der Waals surface area contributed by atoms with Crippen molar-refractivity contribution < 1.29 is 142 Å². The molecule has 3 aliphatic rings. The number of hydrogen-bond acceptors (Lipinski definition) is 13. The fourth-order valence-corrected chi connectivity index (χ4v) is 10.0. The number of hydrogen-bond donors (Lipinski definition) is 10. The topological polar surface area (TPSA) is 283 Å². The van der Waals surface area contributed by atoms with Gasteiger partial charge in [0.2, 0.25) is 0 Å². The van der Waals surface area contributed by atoms with Crippen molar-refractivity contribution in [2.75, 3.05) is 39.5 Å². The van der Waals surface area contributed by atoms with E-state index >= 15 is 0 Å². The molecule has 89 heavy (non-hydrogen) atoms. The van der Waals surface area contributed by atoms with Gasteiger partial charge in [0.25, 0.3) is 11.2 Å². The third-order valence-electron chi connectivity index (χ3n) is 15.3. The summed E-state index contributed by atoms with van der Waals surface area (Å²) in [5, 5.41) is 52.9. The Bertz CT molecular complexity index is 2350. The maximum absolute atomic E-state index is 13.4. The lowest BCUT2D eigenvalue weighted by atomic mass is 9.65. The smallest absolute Gasteiger partial charge is 0.426 e. The number of esters is 3. The predicted octanol–water partition coefficient (Wildman–Crippen LogP) is 8.56. The van der Waals surface area contributed by atoms with E-state index < -0.39 is 170 Å². The molecule has 516 valence electrons. The highest BCUT2D eigenvalue weighted by molar-refractivity contribution is 5.87. The number of ether oxygens (including phenoxy) is 3. The van der Waals surface area contributed by atoms with Crippen molar-refractivity contribution in [3.05, 3.63) is 37.5 Å². The summed E-state index contributed by atoms with van der Waals surface area (Å²) in [6.07, 6.45) is -36.8. The van der Waals surface area contributed by atoms with Gasteiger partial charge in [-0.3, -0.25) is 0 Å². The monoisotopic (exact) mass is 1330 g/mol. The van der Waals surface area contributed by atoms with Crippen LogP contribution in [0.25, 0.3) is 0 Å². The molecule has 3 saturated carbocycles. The van der Waals surface area contributed by atoms with Gasteiger partial charge in [-0.15, -0.1) is 0 Å². The van der Waals surface area contributed by atoms with Gasteiger partial charge < -0.3 is 66.5 Å². The molecule has 19 nitrogen and oxygen atoms in total. The van der Waals surface area contributed by atoms with Crippen LogP contribution in [-0.2, 0) is 28.6 Å². The van der Waals surface area contributed by atoms with Crippen molar-refractivity contribution in [1.82, 2.24) is 31.9 Å². The Labute approximate surface area is 498 Å². The average Bonchev–Trinajstić information content (AvgIpc) is 0.767. The highest BCUT2D eigenvalue weighted by atomic mass is 19.4. The van der Waals surface area contributed by atoms with Gasteiger partial charge in [-0.25, -0.2) is 28.8 Å². The minimum atomic E-state index is -6.32. The minimum absolute atomic E-state index is 0.0345. The lowest BCUT2D eigenvalue weighted by Crippen LogP contribution is -2.65. The van der Waals surface area contributed by atoms with Crippen LogP contribution in [0.3, 0.4) is 0 Å². The molecule has 0 aliphatic heterocycles. The molecule has 37 heteroatoms. The van der Waals surface area contributed by atoms with E-state index in [2.05, 4.69) is 64.3 Å². The van der Waals surface area contributed by atoms with Gasteiger partial charge in [-0.1, -0.05) is 33.6 Å². The van der Waals surface area contributed by atoms with Crippen molar-refractivity contribution in [3.8, 4) is 0 Å². The Balaban J connectivity index is 0.000000693. The molecule has 8 atom stereocenters. The van der Waals surface area contributed by atoms with Crippen LogP contribution < -0.4 is 31.9 Å². The van der Waals surface area contributed by atoms with E-state index in [0.717, 1.165) is 36.8 Å². The molecular formula is C52H74F18N6O13. The van der Waals surface area contributed by atoms with Crippen molar-refractivity contribution in [1.29, 1.82) is 0 Å². The zero-order valence-electron chi connectivity index (χ0n) is 48.6. The van der Waals surface area contributed by atoms with Crippen LogP contribution in [0.5, 0.6) is 0 Å². The normalized spacial score (nSPS) is 23.5. The van der Waals surface area contributed by atoms with Gasteiger partial charge in [-0.05, 0) is 109 Å². The summed E-state index contributed by atoms with van der Waals surface area (Å²) in [5.41, 5.74) is -18.2. The molecule has 0 aromatic heterocycles. The van der Waals surface area contributed by atoms with Crippen LogP contribution in [0.2, 0.25) is 0 Å². The zero-order valence-corrected chi connectivity index (χ0v) is 48.6. The van der Waals surface area contributed by atoms with Crippen molar-refractivity contribution in [2.45, 2.75) is 176 Å². The van der Waals surface area contributed by atoms with E-state index in [1.807, 2.05) is 10.6 Å². The molecule has 6 amide bonds. The van der Waals surface area contributed by atoms with E-state index in [4.69, 9.17) is 4.74 Å². The number of halogens is 18. The molecule has 0 aromatic rings. The molecule has 0 bridgehead atoms. The molecular weight excluding hydrogens is 1260 g/mol. The average molecular weight is 1330 g/mol. The molecule has 0 spiro atoms. The lowest BCUT2D eigenvalue weighted by molar-refractivity contribution is -0.390. The van der Waals surface area contributed by atoms with E-state index in [1.165, 1.54) is 19.8 Å². The van der Waals surface area contributed by atoms with Crippen LogP contribution >= 0.6 is 0 Å². The fraction of sp³-hybridized carbons (Fsp3) is 0.769. The summed E-state index contributed by atoms with van der Waals surface area (Å²) in [5.74, 6) is -10.8. The third-order valence-corrected chi connectivity index (χ3v) is 15.3. The van der Waals surface area contributed by atoms with Gasteiger partial charge in [-0.2, -0.15) is 79.0 Å². The third kappa shape index (κ3) is 23.0. The quantitative estimate of drug-likeness (QED) is 0.0180. The number of carbonyl (C=O) groups excluding carboxylic acids is 6. The summed E-state index contributed by atoms with van der Waals surface area (Å²) in [6, 6.07) is -5.76. The highest BCUT2D eigenvalue weighted by Crippen LogP contribution is 2.57. The SMILES string of the molecule is C=C(C)C(=O)OCCNC(=O)NC1CC(C(C)(O)C(F)(F)F)CC(C(O)(C(F)(F)F)C(F)(F)F)C1.C=CC(=O)OCCNC(=O)NC1CC(C(C)(O)C(F)(F)F)CC(C(O)(C(F)(F)F)C(F)(F)F)C1.C=CC(=O)OCCNC(=O)NC1CCC(C(C)C)CC1. The van der Waals surface area contributed by atoms with Gasteiger partial charge in [0.15, 0.2) is 11.2 Å². The van der Waals surface area contributed by atoms with Crippen LogP contribution in [0.15, 0.2) is 37.5 Å². The Morgan fingerprint density at radius 1 is 0.461 bits per heavy atom. The molecule has 3 fully saturated rings. The molecule has 8 unspecified atom stereocenters. The summed E-state index contributed by atoms with van der Waals surface area (Å²) in [4.78, 5) is 68.5. The lowest BCUT2D eigenvalue weighted by Gasteiger charge is -2.47. The molecule has 10 N–H and O–H groups in total. The second-order valence-corrected chi connectivity index (χ2v) is 22.1. The highest BCUT2D eigenvalue weighted by Gasteiger charge is 2.76. The number of rotatable bonds is 20. The standard InChI is InChI=1S/C19H25F9N2O5.C18H23F9N2O5.C15H26N2O3/c1-9(2)13(31)35-5-4-29-14(32)30-12-7-10(15(3,33)17(20,21)22)6-11(8-12)16(34,18(23,24)25)19(26,27)28;1-3-12(30)34-5-4-28-13(31)29-11-7-9(14(2,32)16(19,20)21)6-10(8-11)15(33,17(22,23)24)18(25,26)27;1-4-14(18)20-10-9-16-15(19)17-13-7-5-12(6-8-13)11(2)3/h10-12,33-34H,1,4-8H2,2-3H3,(H2,29,30,32);3,9-11,32-33H,1,4-8H2,2H3,(H2,28,29,31);4,11-13H,1,5-10H2,2-3H3,(H2,16,17,19). The maximum Gasteiger partial charge on any atom is 0.426 e. The van der Waals surface area contributed by atoms with Gasteiger partial charge in [0.1, 0.15) is 19.8 Å². The fourth-order valence-electron chi connectivity index (χ4n) is 10.0. The number of amides is 6. The first-order valence-corrected chi connectivity index (χ1v) is 27.1. The number of alkyl halides is 18. The number of carbonyl (C=O) groups is 6. The van der Waals surface area contributed by atoms with Gasteiger partial charge in [0.05, 0.1) is 19.6 Å². The van der Waals surface area contributed by atoms with Crippen LogP contribution in [0.4, 0.5) is 93.4 Å². The minimum Gasteiger partial charge on any atom is -0.461 e. The first-order chi connectivity index (χ1) is 40.3. The molecule has 0 aromatic carbocycles. The van der Waals surface area contributed by atoms with E-state index in [0.29, 0.717) is 6.54 Å². The van der Waals surface area contributed by atoms with Crippen LogP contribution in [0, 0.1) is 35.5 Å². The van der Waals surface area contributed by atoms with Crippen molar-refractivity contribution in [2.24, 2.45) is 35.5 Å². The first-order valence-electron chi connectivity index (χ1n) is 27.1. The number of aliphatic hydroxyl groups is 4. The van der Waals surface area contributed by atoms with Crippen LogP contribution in [-0.4, -0.2) is 173 Å². The van der Waals surface area contributed by atoms with E-state index in [9.17, 15) is 128 Å².